The first-order chi connectivity index (χ1) is 14.4. The van der Waals surface area contributed by atoms with E-state index >= 15 is 0 Å². The molecule has 0 radical (unpaired) electrons. The molecule has 1 aliphatic rings. The van der Waals surface area contributed by atoms with E-state index in [1.165, 1.54) is 0 Å². The van der Waals surface area contributed by atoms with Gasteiger partial charge in [-0.1, -0.05) is 23.3 Å². The lowest BCUT2D eigenvalue weighted by Gasteiger charge is -2.34. The Bertz CT molecular complexity index is 995. The maximum absolute atomic E-state index is 8.42. The second-order valence-electron chi connectivity index (χ2n) is 7.57. The Hall–Kier alpha value is -3.15. The second kappa shape index (κ2) is 9.11. The minimum atomic E-state index is -0.602. The van der Waals surface area contributed by atoms with Gasteiger partial charge in [0.1, 0.15) is 23.9 Å². The molecule has 2 aromatic carbocycles. The number of hydrogen-bond donors (Lipinski definition) is 0. The molecule has 7 heteroatoms. The summed E-state index contributed by atoms with van der Waals surface area (Å²) >= 11 is 0. The van der Waals surface area contributed by atoms with E-state index < -0.39 is 5.60 Å². The van der Waals surface area contributed by atoms with Gasteiger partial charge in [-0.05, 0) is 68.1 Å². The highest BCUT2D eigenvalue weighted by Gasteiger charge is 2.32. The summed E-state index contributed by atoms with van der Waals surface area (Å²) in [5.74, 6) is 2.42. The summed E-state index contributed by atoms with van der Waals surface area (Å²) < 4.78 is 23.3. The number of benzene rings is 2. The molecular formula is C23H27N3O4. The Morgan fingerprint density at radius 1 is 1.07 bits per heavy atom. The first kappa shape index (κ1) is 21.6. The largest absolute Gasteiger partial charge is 0.489 e. The molecule has 1 aliphatic heterocycles. The fraction of sp³-hybridized carbons (Fsp3) is 0.391. The molecule has 2 aromatic rings. The average molecular weight is 409 g/mol. The third-order valence-corrected chi connectivity index (χ3v) is 5.26. The monoisotopic (exact) mass is 409 g/mol. The van der Waals surface area contributed by atoms with E-state index in [1.807, 2.05) is 58.0 Å². The number of hydrogen-bond acceptors (Lipinski definition) is 5. The van der Waals surface area contributed by atoms with Crippen molar-refractivity contribution in [3.8, 4) is 17.2 Å². The lowest BCUT2D eigenvalue weighted by molar-refractivity contribution is 0.0494. The lowest BCUT2D eigenvalue weighted by atomic mass is 9.92. The van der Waals surface area contributed by atoms with Gasteiger partial charge in [0.2, 0.25) is 0 Å². The molecule has 0 N–H and O–H groups in total. The van der Waals surface area contributed by atoms with Gasteiger partial charge in [-0.15, -0.1) is 0 Å². The molecule has 0 saturated carbocycles. The first-order valence-electron chi connectivity index (χ1n) is 9.75. The van der Waals surface area contributed by atoms with Crippen LogP contribution in [0.15, 0.2) is 35.5 Å². The maximum atomic E-state index is 8.42. The SMILES string of the molecule is COCOc1c(C)c(C)c2c(c1C)C=CC(C)(COc1ccc(CN=[N+]=[N-])cc1)O2. The smallest absolute Gasteiger partial charge is 0.188 e. The number of ether oxygens (including phenoxy) is 4. The molecule has 0 amide bonds. The molecule has 30 heavy (non-hydrogen) atoms. The number of fused-ring (bicyclic) bond motifs is 1. The summed E-state index contributed by atoms with van der Waals surface area (Å²) in [6.45, 7) is 8.99. The van der Waals surface area contributed by atoms with Gasteiger partial charge in [-0.2, -0.15) is 0 Å². The van der Waals surface area contributed by atoms with E-state index in [0.717, 1.165) is 45.1 Å². The van der Waals surface area contributed by atoms with Crippen LogP contribution in [-0.2, 0) is 11.3 Å². The minimum Gasteiger partial charge on any atom is -0.489 e. The van der Waals surface area contributed by atoms with Crippen molar-refractivity contribution in [2.75, 3.05) is 20.5 Å². The van der Waals surface area contributed by atoms with Crippen molar-refractivity contribution in [3.05, 3.63) is 68.6 Å². The third-order valence-electron chi connectivity index (χ3n) is 5.26. The van der Waals surface area contributed by atoms with E-state index in [0.29, 0.717) is 13.2 Å². The van der Waals surface area contributed by atoms with Gasteiger partial charge in [0.15, 0.2) is 12.4 Å². The zero-order chi connectivity index (χ0) is 21.7. The molecule has 1 unspecified atom stereocenters. The molecule has 158 valence electrons. The van der Waals surface area contributed by atoms with Crippen LogP contribution in [0.1, 0.15) is 34.7 Å². The highest BCUT2D eigenvalue weighted by atomic mass is 16.7. The summed E-state index contributed by atoms with van der Waals surface area (Å²) in [5.41, 5.74) is 12.9. The van der Waals surface area contributed by atoms with Gasteiger partial charge in [0, 0.05) is 23.1 Å². The highest BCUT2D eigenvalue weighted by Crippen LogP contribution is 2.42. The molecule has 7 nitrogen and oxygen atoms in total. The molecule has 0 bridgehead atoms. The molecule has 0 fully saturated rings. The van der Waals surface area contributed by atoms with E-state index in [-0.39, 0.29) is 6.79 Å². The second-order valence-corrected chi connectivity index (χ2v) is 7.57. The van der Waals surface area contributed by atoms with Crippen LogP contribution in [0.4, 0.5) is 0 Å². The van der Waals surface area contributed by atoms with E-state index in [2.05, 4.69) is 16.1 Å². The van der Waals surface area contributed by atoms with Gasteiger partial charge in [0.25, 0.3) is 0 Å². The average Bonchev–Trinajstić information content (AvgIpc) is 2.75. The van der Waals surface area contributed by atoms with Crippen LogP contribution >= 0.6 is 0 Å². The minimum absolute atomic E-state index is 0.206. The summed E-state index contributed by atoms with van der Waals surface area (Å²) in [5, 5.41) is 3.56. The van der Waals surface area contributed by atoms with Crippen LogP contribution < -0.4 is 14.2 Å². The van der Waals surface area contributed by atoms with Crippen molar-refractivity contribution in [2.24, 2.45) is 5.11 Å². The number of azide groups is 1. The topological polar surface area (TPSA) is 85.7 Å². The fourth-order valence-electron chi connectivity index (χ4n) is 3.42. The van der Waals surface area contributed by atoms with Crippen molar-refractivity contribution in [3.63, 3.8) is 0 Å². The van der Waals surface area contributed by atoms with Crippen LogP contribution in [0.5, 0.6) is 17.2 Å². The molecule has 0 aliphatic carbocycles. The van der Waals surface area contributed by atoms with Crippen molar-refractivity contribution < 1.29 is 18.9 Å². The molecule has 0 saturated heterocycles. The molecule has 1 heterocycles. The first-order valence-corrected chi connectivity index (χ1v) is 9.75. The lowest BCUT2D eigenvalue weighted by Crippen LogP contribution is -2.39. The molecule has 1 atom stereocenters. The van der Waals surface area contributed by atoms with E-state index in [1.54, 1.807) is 7.11 Å². The number of nitrogens with zero attached hydrogens (tertiary/aromatic N) is 3. The predicted octanol–water partition coefficient (Wildman–Crippen LogP) is 5.65. The van der Waals surface area contributed by atoms with Crippen LogP contribution in [0, 0.1) is 20.8 Å². The van der Waals surface area contributed by atoms with Crippen molar-refractivity contribution in [1.82, 2.24) is 0 Å². The van der Waals surface area contributed by atoms with Gasteiger partial charge >= 0.3 is 0 Å². The number of methoxy groups -OCH3 is 1. The van der Waals surface area contributed by atoms with Crippen LogP contribution in [0.25, 0.3) is 16.5 Å². The zero-order valence-corrected chi connectivity index (χ0v) is 18.1. The summed E-state index contributed by atoms with van der Waals surface area (Å²) in [6, 6.07) is 7.51. The summed E-state index contributed by atoms with van der Waals surface area (Å²) in [7, 11) is 1.61. The maximum Gasteiger partial charge on any atom is 0.188 e. The normalized spacial score (nSPS) is 17.0. The molecular weight excluding hydrogens is 382 g/mol. The number of rotatable bonds is 8. The van der Waals surface area contributed by atoms with E-state index in [9.17, 15) is 0 Å². The highest BCUT2D eigenvalue weighted by molar-refractivity contribution is 5.71. The predicted molar refractivity (Wildman–Crippen MR) is 116 cm³/mol. The van der Waals surface area contributed by atoms with Crippen LogP contribution in [-0.4, -0.2) is 26.1 Å². The van der Waals surface area contributed by atoms with Gasteiger partial charge < -0.3 is 18.9 Å². The molecule has 0 aromatic heterocycles. The van der Waals surface area contributed by atoms with Gasteiger partial charge in [0.05, 0.1) is 6.54 Å². The Labute approximate surface area is 176 Å². The molecule has 0 spiro atoms. The van der Waals surface area contributed by atoms with Crippen molar-refractivity contribution in [1.29, 1.82) is 0 Å². The fourth-order valence-corrected chi connectivity index (χ4v) is 3.42. The van der Waals surface area contributed by atoms with Gasteiger partial charge in [-0.25, -0.2) is 0 Å². The summed E-state index contributed by atoms with van der Waals surface area (Å²) in [6.07, 6.45) is 4.10. The van der Waals surface area contributed by atoms with Crippen molar-refractivity contribution in [2.45, 2.75) is 39.8 Å². The Kier molecular flexibility index (Phi) is 6.55. The van der Waals surface area contributed by atoms with Crippen molar-refractivity contribution >= 4 is 6.08 Å². The van der Waals surface area contributed by atoms with Crippen LogP contribution in [0.3, 0.4) is 0 Å². The Morgan fingerprint density at radius 2 is 1.80 bits per heavy atom. The zero-order valence-electron chi connectivity index (χ0n) is 18.1. The van der Waals surface area contributed by atoms with E-state index in [4.69, 9.17) is 24.5 Å². The standard InChI is InChI=1S/C23H27N3O4/c1-15-16(2)22-20(17(3)21(15)29-14-27-5)10-11-23(4,30-22)13-28-19-8-6-18(7-9-19)12-25-26-24/h6-11H,12-14H2,1-5H3. The summed E-state index contributed by atoms with van der Waals surface area (Å²) in [4.78, 5) is 2.77. The van der Waals surface area contributed by atoms with Crippen LogP contribution in [0.2, 0.25) is 0 Å². The molecule has 3 rings (SSSR count). The Balaban J connectivity index is 1.76. The third kappa shape index (κ3) is 4.53. The van der Waals surface area contributed by atoms with Gasteiger partial charge in [-0.3, -0.25) is 0 Å². The quantitative estimate of drug-likeness (QED) is 0.244. The Morgan fingerprint density at radius 3 is 2.47 bits per heavy atom.